The van der Waals surface area contributed by atoms with Crippen LogP contribution in [0.5, 0.6) is 0 Å². The maximum Gasteiger partial charge on any atom is 0.223 e. The molecule has 0 heterocycles. The summed E-state index contributed by atoms with van der Waals surface area (Å²) in [5.41, 5.74) is 0. The fraction of sp³-hybridized carbons (Fsp3) is 0.867. The SMILES string of the molecule is CCS(=O)C1CCCC(NC(=NC)NCCC(=O)N(C)C)C1.I. The van der Waals surface area contributed by atoms with Gasteiger partial charge in [0.1, 0.15) is 0 Å². The largest absolute Gasteiger partial charge is 0.356 e. The van der Waals surface area contributed by atoms with Gasteiger partial charge >= 0.3 is 0 Å². The minimum Gasteiger partial charge on any atom is -0.356 e. The lowest BCUT2D eigenvalue weighted by molar-refractivity contribution is -0.128. The van der Waals surface area contributed by atoms with Crippen molar-refractivity contribution in [1.82, 2.24) is 15.5 Å². The molecule has 0 radical (unpaired) electrons. The molecule has 1 rings (SSSR count). The van der Waals surface area contributed by atoms with E-state index in [1.54, 1.807) is 26.0 Å². The van der Waals surface area contributed by atoms with Crippen LogP contribution < -0.4 is 10.6 Å². The lowest BCUT2D eigenvalue weighted by Crippen LogP contribution is -2.47. The summed E-state index contributed by atoms with van der Waals surface area (Å²) < 4.78 is 12.0. The highest BCUT2D eigenvalue weighted by Gasteiger charge is 2.25. The predicted molar refractivity (Wildman–Crippen MR) is 108 cm³/mol. The van der Waals surface area contributed by atoms with Gasteiger partial charge in [-0.25, -0.2) is 0 Å². The lowest BCUT2D eigenvalue weighted by Gasteiger charge is -2.30. The average Bonchev–Trinajstić information content (AvgIpc) is 2.53. The monoisotopic (exact) mass is 458 g/mol. The van der Waals surface area contributed by atoms with Crippen molar-refractivity contribution in [1.29, 1.82) is 0 Å². The van der Waals surface area contributed by atoms with Gasteiger partial charge in [-0.05, 0) is 19.3 Å². The number of nitrogens with one attached hydrogen (secondary N) is 2. The summed E-state index contributed by atoms with van der Waals surface area (Å²) in [6.07, 6.45) is 4.61. The highest BCUT2D eigenvalue weighted by Crippen LogP contribution is 2.22. The summed E-state index contributed by atoms with van der Waals surface area (Å²) in [6, 6.07) is 0.310. The van der Waals surface area contributed by atoms with Gasteiger partial charge in [0.2, 0.25) is 5.91 Å². The zero-order valence-corrected chi connectivity index (χ0v) is 17.8. The van der Waals surface area contributed by atoms with Crippen LogP contribution in [-0.4, -0.2) is 65.7 Å². The zero-order chi connectivity index (χ0) is 16.5. The number of hydrogen-bond donors (Lipinski definition) is 2. The van der Waals surface area contributed by atoms with Crippen LogP contribution in [0.15, 0.2) is 4.99 Å². The van der Waals surface area contributed by atoms with Crippen molar-refractivity contribution >= 4 is 46.6 Å². The molecule has 23 heavy (non-hydrogen) atoms. The molecular weight excluding hydrogens is 427 g/mol. The molecule has 1 aliphatic rings. The van der Waals surface area contributed by atoms with Crippen molar-refractivity contribution in [2.75, 3.05) is 33.4 Å². The predicted octanol–water partition coefficient (Wildman–Crippen LogP) is 1.33. The highest BCUT2D eigenvalue weighted by molar-refractivity contribution is 14.0. The van der Waals surface area contributed by atoms with E-state index in [-0.39, 0.29) is 29.9 Å². The molecule has 0 spiro atoms. The van der Waals surface area contributed by atoms with Crippen molar-refractivity contribution in [3.63, 3.8) is 0 Å². The fourth-order valence-corrected chi connectivity index (χ4v) is 4.00. The molecule has 1 aliphatic carbocycles. The quantitative estimate of drug-likeness (QED) is 0.358. The van der Waals surface area contributed by atoms with Crippen LogP contribution in [0.4, 0.5) is 0 Å². The normalized spacial score (nSPS) is 22.7. The van der Waals surface area contributed by atoms with Gasteiger partial charge in [-0.1, -0.05) is 13.3 Å². The summed E-state index contributed by atoms with van der Waals surface area (Å²) in [6.45, 7) is 2.54. The molecule has 1 saturated carbocycles. The van der Waals surface area contributed by atoms with Crippen molar-refractivity contribution < 1.29 is 9.00 Å². The van der Waals surface area contributed by atoms with Gasteiger partial charge in [0.15, 0.2) is 5.96 Å². The first-order valence-corrected chi connectivity index (χ1v) is 9.40. The Hall–Kier alpha value is -0.380. The van der Waals surface area contributed by atoms with E-state index in [0.717, 1.165) is 37.4 Å². The van der Waals surface area contributed by atoms with E-state index < -0.39 is 10.8 Å². The summed E-state index contributed by atoms with van der Waals surface area (Å²) in [5, 5.41) is 6.87. The number of halogens is 1. The molecule has 0 aliphatic heterocycles. The molecule has 0 aromatic carbocycles. The van der Waals surface area contributed by atoms with Gasteiger partial charge in [-0.15, -0.1) is 24.0 Å². The van der Waals surface area contributed by atoms with E-state index in [0.29, 0.717) is 24.3 Å². The average molecular weight is 458 g/mol. The Morgan fingerprint density at radius 3 is 2.61 bits per heavy atom. The van der Waals surface area contributed by atoms with Crippen LogP contribution in [-0.2, 0) is 15.6 Å². The van der Waals surface area contributed by atoms with Crippen LogP contribution >= 0.6 is 24.0 Å². The molecule has 6 nitrogen and oxygen atoms in total. The number of hydrogen-bond acceptors (Lipinski definition) is 3. The third-order valence-electron chi connectivity index (χ3n) is 3.98. The number of carbonyl (C=O) groups is 1. The maximum atomic E-state index is 12.0. The van der Waals surface area contributed by atoms with Gasteiger partial charge in [-0.2, -0.15) is 0 Å². The minimum atomic E-state index is -0.718. The Morgan fingerprint density at radius 2 is 2.04 bits per heavy atom. The first-order chi connectivity index (χ1) is 10.5. The van der Waals surface area contributed by atoms with Crippen LogP contribution in [0.2, 0.25) is 0 Å². The van der Waals surface area contributed by atoms with Gasteiger partial charge in [0.25, 0.3) is 0 Å². The Bertz CT molecular complexity index is 418. The second kappa shape index (κ2) is 12.0. The first kappa shape index (κ1) is 22.6. The Balaban J connectivity index is 0.00000484. The van der Waals surface area contributed by atoms with E-state index in [1.165, 1.54) is 0 Å². The molecule has 3 unspecified atom stereocenters. The second-order valence-electron chi connectivity index (χ2n) is 5.84. The van der Waals surface area contributed by atoms with Crippen LogP contribution in [0.1, 0.15) is 39.0 Å². The third-order valence-corrected chi connectivity index (χ3v) is 5.72. The Morgan fingerprint density at radius 1 is 1.35 bits per heavy atom. The summed E-state index contributed by atoms with van der Waals surface area (Å²) in [5.74, 6) is 1.55. The molecule has 1 fully saturated rings. The molecule has 3 atom stereocenters. The van der Waals surface area contributed by atoms with Crippen molar-refractivity contribution in [3.05, 3.63) is 0 Å². The zero-order valence-electron chi connectivity index (χ0n) is 14.6. The van der Waals surface area contributed by atoms with E-state index in [1.807, 2.05) is 6.92 Å². The van der Waals surface area contributed by atoms with Gasteiger partial charge in [0, 0.05) is 62.0 Å². The van der Waals surface area contributed by atoms with Gasteiger partial charge in [-0.3, -0.25) is 14.0 Å². The van der Waals surface area contributed by atoms with Crippen LogP contribution in [0, 0.1) is 0 Å². The van der Waals surface area contributed by atoms with Crippen molar-refractivity contribution in [2.24, 2.45) is 4.99 Å². The smallest absolute Gasteiger partial charge is 0.223 e. The number of guanidine groups is 1. The second-order valence-corrected chi connectivity index (χ2v) is 7.84. The summed E-state index contributed by atoms with van der Waals surface area (Å²) >= 11 is 0. The number of rotatable bonds is 6. The highest BCUT2D eigenvalue weighted by atomic mass is 127. The van der Waals surface area contributed by atoms with E-state index in [4.69, 9.17) is 0 Å². The molecule has 0 aromatic heterocycles. The Labute approximate surface area is 159 Å². The molecule has 0 saturated heterocycles. The van der Waals surface area contributed by atoms with Crippen LogP contribution in [0.3, 0.4) is 0 Å². The number of carbonyl (C=O) groups excluding carboxylic acids is 1. The molecule has 1 amide bonds. The Kier molecular flexibility index (Phi) is 11.9. The van der Waals surface area contributed by atoms with Crippen LogP contribution in [0.25, 0.3) is 0 Å². The third kappa shape index (κ3) is 8.32. The maximum absolute atomic E-state index is 12.0. The molecule has 8 heteroatoms. The standard InChI is InChI=1S/C15H30N4O2S.HI/c1-5-22(21)13-8-6-7-12(11-13)18-15(16-2)17-10-9-14(20)19(3)4;/h12-13H,5-11H2,1-4H3,(H2,16,17,18);1H. The number of aliphatic imine (C=N–C) groups is 1. The van der Waals surface area contributed by atoms with E-state index in [9.17, 15) is 9.00 Å². The molecule has 0 bridgehead atoms. The first-order valence-electron chi connectivity index (χ1n) is 8.02. The lowest BCUT2D eigenvalue weighted by atomic mass is 9.95. The summed E-state index contributed by atoms with van der Waals surface area (Å²) in [4.78, 5) is 17.3. The molecular formula is C15H31IN4O2S. The number of nitrogens with zero attached hydrogens (tertiary/aromatic N) is 2. The minimum absolute atomic E-state index is 0. The van der Waals surface area contributed by atoms with E-state index >= 15 is 0 Å². The fourth-order valence-electron chi connectivity index (χ4n) is 2.65. The van der Waals surface area contributed by atoms with Gasteiger partial charge in [0.05, 0.1) is 0 Å². The molecule has 136 valence electrons. The van der Waals surface area contributed by atoms with Gasteiger partial charge < -0.3 is 15.5 Å². The van der Waals surface area contributed by atoms with Crippen molar-refractivity contribution in [3.8, 4) is 0 Å². The topological polar surface area (TPSA) is 73.8 Å². The van der Waals surface area contributed by atoms with E-state index in [2.05, 4.69) is 15.6 Å². The molecule has 2 N–H and O–H groups in total. The number of amides is 1. The summed E-state index contributed by atoms with van der Waals surface area (Å²) in [7, 11) is 4.52. The molecule has 0 aromatic rings. The van der Waals surface area contributed by atoms with Crippen molar-refractivity contribution in [2.45, 2.75) is 50.3 Å².